The van der Waals surface area contributed by atoms with E-state index in [0.29, 0.717) is 11.4 Å². The van der Waals surface area contributed by atoms with Gasteiger partial charge in [0, 0.05) is 12.7 Å². The third-order valence-corrected chi connectivity index (χ3v) is 5.01. The third kappa shape index (κ3) is 7.36. The van der Waals surface area contributed by atoms with E-state index in [2.05, 4.69) is 16.2 Å². The van der Waals surface area contributed by atoms with Crippen molar-refractivity contribution in [3.05, 3.63) is 59.7 Å². The first-order valence-corrected chi connectivity index (χ1v) is 10.6. The molecule has 35 heavy (non-hydrogen) atoms. The summed E-state index contributed by atoms with van der Waals surface area (Å²) in [5.74, 6) is -1.35. The van der Waals surface area contributed by atoms with E-state index in [1.165, 1.54) is 39.1 Å². The molecule has 2 aromatic rings. The van der Waals surface area contributed by atoms with Gasteiger partial charge in [0.15, 0.2) is 0 Å². The summed E-state index contributed by atoms with van der Waals surface area (Å²) >= 11 is 0. The van der Waals surface area contributed by atoms with Gasteiger partial charge in [-0.2, -0.15) is 13.2 Å². The number of amides is 3. The van der Waals surface area contributed by atoms with Crippen LogP contribution in [0.4, 0.5) is 29.3 Å². The zero-order chi connectivity index (χ0) is 26.6. The Hall–Kier alpha value is -3.76. The van der Waals surface area contributed by atoms with E-state index in [1.54, 1.807) is 39.0 Å². The number of hydrazine groups is 1. The summed E-state index contributed by atoms with van der Waals surface area (Å²) in [4.78, 5) is 38.9. The minimum atomic E-state index is -4.46. The first kappa shape index (κ1) is 27.5. The molecule has 0 saturated carbocycles. The van der Waals surface area contributed by atoms with E-state index in [1.807, 2.05) is 0 Å². The summed E-state index contributed by atoms with van der Waals surface area (Å²) in [5.41, 5.74) is 2.45. The van der Waals surface area contributed by atoms with Gasteiger partial charge >= 0.3 is 12.3 Å². The molecule has 0 aliphatic rings. The molecule has 0 heterocycles. The summed E-state index contributed by atoms with van der Waals surface area (Å²) < 4.78 is 43.6. The standard InChI is InChI=1S/C24H29F3N4O4/c1-22(2,3)35-21(34)31(6)23(4,5)20(33)30-29-19(32)17-9-7-8-10-18(17)28-16-13-11-15(12-14-16)24(25,26)27/h7-14,28H,1-6H3,(H,29,32)(H,30,33). The predicted molar refractivity (Wildman–Crippen MR) is 125 cm³/mol. The molecule has 0 radical (unpaired) electrons. The molecule has 0 aromatic heterocycles. The Morgan fingerprint density at radius 1 is 0.857 bits per heavy atom. The Morgan fingerprint density at radius 3 is 1.97 bits per heavy atom. The van der Waals surface area contributed by atoms with Crippen molar-refractivity contribution in [3.63, 3.8) is 0 Å². The highest BCUT2D eigenvalue weighted by Crippen LogP contribution is 2.30. The van der Waals surface area contributed by atoms with Gasteiger partial charge in [-0.05, 0) is 71.0 Å². The van der Waals surface area contributed by atoms with Crippen molar-refractivity contribution in [2.75, 3.05) is 12.4 Å². The van der Waals surface area contributed by atoms with Crippen molar-refractivity contribution in [1.82, 2.24) is 15.8 Å². The highest BCUT2D eigenvalue weighted by atomic mass is 19.4. The third-order valence-electron chi connectivity index (χ3n) is 5.01. The molecule has 0 aliphatic heterocycles. The molecule has 0 aliphatic carbocycles. The van der Waals surface area contributed by atoms with Gasteiger partial charge in [0.25, 0.3) is 11.8 Å². The molecule has 2 rings (SSSR count). The lowest BCUT2D eigenvalue weighted by Crippen LogP contribution is -2.59. The number of carbonyl (C=O) groups excluding carboxylic acids is 3. The lowest BCUT2D eigenvalue weighted by molar-refractivity contribution is -0.137. The van der Waals surface area contributed by atoms with Crippen LogP contribution in [0.25, 0.3) is 0 Å². The molecule has 3 N–H and O–H groups in total. The Balaban J connectivity index is 2.08. The lowest BCUT2D eigenvalue weighted by Gasteiger charge is -2.35. The number of anilines is 2. The number of benzene rings is 2. The van der Waals surface area contributed by atoms with Gasteiger partial charge in [0.05, 0.1) is 16.8 Å². The molecule has 190 valence electrons. The predicted octanol–water partition coefficient (Wildman–Crippen LogP) is 4.86. The number of hydrogen-bond donors (Lipinski definition) is 3. The van der Waals surface area contributed by atoms with Crippen molar-refractivity contribution in [3.8, 4) is 0 Å². The molecular weight excluding hydrogens is 465 g/mol. The van der Waals surface area contributed by atoms with Crippen molar-refractivity contribution in [1.29, 1.82) is 0 Å². The Kier molecular flexibility index (Phi) is 8.04. The Bertz CT molecular complexity index is 1080. The zero-order valence-electron chi connectivity index (χ0n) is 20.3. The van der Waals surface area contributed by atoms with Gasteiger partial charge in [-0.25, -0.2) is 4.79 Å². The second-order valence-electron chi connectivity index (χ2n) is 9.25. The number of rotatable bonds is 5. The van der Waals surface area contributed by atoms with Crippen LogP contribution < -0.4 is 16.2 Å². The molecule has 0 atom stereocenters. The van der Waals surface area contributed by atoms with E-state index in [0.717, 1.165) is 17.0 Å². The summed E-state index contributed by atoms with van der Waals surface area (Å²) in [5, 5.41) is 2.89. The average Bonchev–Trinajstić information content (AvgIpc) is 2.75. The number of carbonyl (C=O) groups is 3. The number of nitrogens with zero attached hydrogens (tertiary/aromatic N) is 1. The van der Waals surface area contributed by atoms with Crippen LogP contribution in [0.15, 0.2) is 48.5 Å². The molecule has 0 saturated heterocycles. The van der Waals surface area contributed by atoms with Crippen molar-refractivity contribution >= 4 is 29.3 Å². The zero-order valence-corrected chi connectivity index (χ0v) is 20.3. The average molecular weight is 495 g/mol. The first-order chi connectivity index (χ1) is 16.0. The van der Waals surface area contributed by atoms with Gasteiger partial charge in [0.2, 0.25) is 0 Å². The topological polar surface area (TPSA) is 99.8 Å². The normalized spacial score (nSPS) is 11.9. The highest BCUT2D eigenvalue weighted by molar-refractivity contribution is 6.01. The number of alkyl halides is 3. The van der Waals surface area contributed by atoms with E-state index in [9.17, 15) is 27.6 Å². The molecule has 2 aromatic carbocycles. The molecule has 8 nitrogen and oxygen atoms in total. The van der Waals surface area contributed by atoms with Gasteiger partial charge in [0.1, 0.15) is 11.1 Å². The monoisotopic (exact) mass is 494 g/mol. The van der Waals surface area contributed by atoms with Gasteiger partial charge in [-0.15, -0.1) is 0 Å². The van der Waals surface area contributed by atoms with E-state index >= 15 is 0 Å². The van der Waals surface area contributed by atoms with Crippen LogP contribution in [0.2, 0.25) is 0 Å². The summed E-state index contributed by atoms with van der Waals surface area (Å²) in [6.07, 6.45) is -5.17. The molecule has 11 heteroatoms. The summed E-state index contributed by atoms with van der Waals surface area (Å²) in [6.45, 7) is 8.06. The lowest BCUT2D eigenvalue weighted by atomic mass is 10.0. The molecule has 0 bridgehead atoms. The number of para-hydroxylation sites is 1. The second kappa shape index (κ2) is 10.2. The molecule has 3 amide bonds. The van der Waals surface area contributed by atoms with Crippen molar-refractivity contribution in [2.24, 2.45) is 0 Å². The fraction of sp³-hybridized carbons (Fsp3) is 0.375. The Labute approximate surface area is 201 Å². The van der Waals surface area contributed by atoms with Crippen LogP contribution in [-0.2, 0) is 15.7 Å². The fourth-order valence-corrected chi connectivity index (χ4v) is 2.73. The van der Waals surface area contributed by atoms with Crippen molar-refractivity contribution < 1.29 is 32.3 Å². The maximum atomic E-state index is 12.8. The number of halogens is 3. The van der Waals surface area contributed by atoms with Crippen LogP contribution >= 0.6 is 0 Å². The number of nitrogens with one attached hydrogen (secondary N) is 3. The Morgan fingerprint density at radius 2 is 1.43 bits per heavy atom. The van der Waals surface area contributed by atoms with Crippen molar-refractivity contribution in [2.45, 2.75) is 51.9 Å². The van der Waals surface area contributed by atoms with Gasteiger partial charge in [-0.3, -0.25) is 25.3 Å². The maximum Gasteiger partial charge on any atom is 0.416 e. The maximum absolute atomic E-state index is 12.8. The smallest absolute Gasteiger partial charge is 0.416 e. The number of ether oxygens (including phenoxy) is 1. The largest absolute Gasteiger partial charge is 0.444 e. The van der Waals surface area contributed by atoms with Crippen LogP contribution in [0, 0.1) is 0 Å². The minimum absolute atomic E-state index is 0.131. The minimum Gasteiger partial charge on any atom is -0.444 e. The van der Waals surface area contributed by atoms with Gasteiger partial charge < -0.3 is 10.1 Å². The summed E-state index contributed by atoms with van der Waals surface area (Å²) in [7, 11) is 1.40. The highest BCUT2D eigenvalue weighted by Gasteiger charge is 2.38. The second-order valence-corrected chi connectivity index (χ2v) is 9.25. The number of hydrogen-bond acceptors (Lipinski definition) is 5. The molecular formula is C24H29F3N4O4. The molecule has 0 fully saturated rings. The quantitative estimate of drug-likeness (QED) is 0.516. The van der Waals surface area contributed by atoms with Crippen LogP contribution in [0.5, 0.6) is 0 Å². The first-order valence-electron chi connectivity index (χ1n) is 10.6. The van der Waals surface area contributed by atoms with Crippen LogP contribution in [-0.4, -0.2) is 41.0 Å². The van der Waals surface area contributed by atoms with Crippen LogP contribution in [0.1, 0.15) is 50.5 Å². The number of likely N-dealkylation sites (N-methyl/N-ethyl adjacent to an activating group) is 1. The fourth-order valence-electron chi connectivity index (χ4n) is 2.73. The molecule has 0 unspecified atom stereocenters. The van der Waals surface area contributed by atoms with E-state index in [-0.39, 0.29) is 5.56 Å². The molecule has 0 spiro atoms. The van der Waals surface area contributed by atoms with Crippen LogP contribution in [0.3, 0.4) is 0 Å². The van der Waals surface area contributed by atoms with E-state index in [4.69, 9.17) is 4.74 Å². The van der Waals surface area contributed by atoms with E-state index < -0.39 is 40.8 Å². The SMILES string of the molecule is CN(C(=O)OC(C)(C)C)C(C)(C)C(=O)NNC(=O)c1ccccc1Nc1ccc(C(F)(F)F)cc1. The van der Waals surface area contributed by atoms with Gasteiger partial charge in [-0.1, -0.05) is 12.1 Å². The summed E-state index contributed by atoms with van der Waals surface area (Å²) in [6, 6.07) is 10.6.